The van der Waals surface area contributed by atoms with Crippen molar-refractivity contribution in [2.24, 2.45) is 0 Å². The molecule has 0 radical (unpaired) electrons. The fourth-order valence-electron chi connectivity index (χ4n) is 1.86. The van der Waals surface area contributed by atoms with E-state index in [0.29, 0.717) is 19.6 Å². The van der Waals surface area contributed by atoms with Crippen LogP contribution in [0.3, 0.4) is 0 Å². The summed E-state index contributed by atoms with van der Waals surface area (Å²) >= 11 is 0. The Bertz CT molecular complexity index is 314. The van der Waals surface area contributed by atoms with Gasteiger partial charge >= 0.3 is 0 Å². The summed E-state index contributed by atoms with van der Waals surface area (Å²) in [7, 11) is 0. The summed E-state index contributed by atoms with van der Waals surface area (Å²) in [5.74, 6) is 0. The van der Waals surface area contributed by atoms with Crippen LogP contribution >= 0.6 is 0 Å². The fraction of sp³-hybridized carbons (Fsp3) is 0.500. The second kappa shape index (κ2) is 3.71. The first-order valence-electron chi connectivity index (χ1n) is 5.14. The summed E-state index contributed by atoms with van der Waals surface area (Å²) < 4.78 is 5.24. The van der Waals surface area contributed by atoms with Gasteiger partial charge in [0.1, 0.15) is 5.60 Å². The Kier molecular flexibility index (Phi) is 2.57. The molecule has 0 bridgehead atoms. The third-order valence-electron chi connectivity index (χ3n) is 2.87. The molecule has 1 aromatic carbocycles. The second-order valence-electron chi connectivity index (χ2n) is 3.89. The minimum absolute atomic E-state index is 0.431. The Morgan fingerprint density at radius 2 is 2.36 bits per heavy atom. The average molecular weight is 192 g/mol. The van der Waals surface area contributed by atoms with Crippen molar-refractivity contribution in [3.05, 3.63) is 35.4 Å². The van der Waals surface area contributed by atoms with E-state index in [9.17, 15) is 5.11 Å². The van der Waals surface area contributed by atoms with E-state index < -0.39 is 5.60 Å². The van der Waals surface area contributed by atoms with Gasteiger partial charge in [-0.25, -0.2) is 0 Å². The first-order valence-corrected chi connectivity index (χ1v) is 5.14. The maximum Gasteiger partial charge on any atom is 0.115 e. The van der Waals surface area contributed by atoms with Gasteiger partial charge in [-0.2, -0.15) is 0 Å². The third-order valence-corrected chi connectivity index (χ3v) is 2.87. The van der Waals surface area contributed by atoms with Crippen LogP contribution in [0.5, 0.6) is 0 Å². The van der Waals surface area contributed by atoms with E-state index in [2.05, 4.69) is 19.1 Å². The van der Waals surface area contributed by atoms with Crippen molar-refractivity contribution in [3.63, 3.8) is 0 Å². The lowest BCUT2D eigenvalue weighted by atomic mass is 9.91. The van der Waals surface area contributed by atoms with Gasteiger partial charge in [-0.15, -0.1) is 0 Å². The maximum absolute atomic E-state index is 10.3. The summed E-state index contributed by atoms with van der Waals surface area (Å²) in [6.07, 6.45) is 1.71. The predicted octanol–water partition coefficient (Wildman–Crippen LogP) is 1.86. The lowest BCUT2D eigenvalue weighted by molar-refractivity contribution is 0.0231. The molecule has 1 heterocycles. The highest BCUT2D eigenvalue weighted by Gasteiger charge is 2.33. The Morgan fingerprint density at radius 1 is 1.50 bits per heavy atom. The zero-order valence-electron chi connectivity index (χ0n) is 8.49. The van der Waals surface area contributed by atoms with Gasteiger partial charge in [0.05, 0.1) is 6.61 Å². The standard InChI is InChI=1S/C12H16O2/c1-2-10-4-3-5-11(8-10)12(13)6-7-14-9-12/h3-5,8,13H,2,6-7,9H2,1H3. The van der Waals surface area contributed by atoms with Crippen molar-refractivity contribution in [2.45, 2.75) is 25.4 Å². The van der Waals surface area contributed by atoms with Gasteiger partial charge in [-0.3, -0.25) is 0 Å². The van der Waals surface area contributed by atoms with Crippen LogP contribution in [0.2, 0.25) is 0 Å². The molecule has 0 aliphatic carbocycles. The van der Waals surface area contributed by atoms with Gasteiger partial charge in [-0.1, -0.05) is 31.2 Å². The molecule has 2 nitrogen and oxygen atoms in total. The fourth-order valence-corrected chi connectivity index (χ4v) is 1.86. The third kappa shape index (κ3) is 1.68. The monoisotopic (exact) mass is 192 g/mol. The molecule has 0 amide bonds. The van der Waals surface area contributed by atoms with Gasteiger partial charge < -0.3 is 9.84 Å². The molecule has 1 aliphatic heterocycles. The van der Waals surface area contributed by atoms with E-state index in [4.69, 9.17) is 4.74 Å². The van der Waals surface area contributed by atoms with Crippen molar-refractivity contribution in [1.82, 2.24) is 0 Å². The molecule has 0 aromatic heterocycles. The van der Waals surface area contributed by atoms with E-state index in [-0.39, 0.29) is 0 Å². The number of aliphatic hydroxyl groups is 1. The highest BCUT2D eigenvalue weighted by molar-refractivity contribution is 5.29. The topological polar surface area (TPSA) is 29.5 Å². The van der Waals surface area contributed by atoms with Crippen LogP contribution in [0.1, 0.15) is 24.5 Å². The first kappa shape index (κ1) is 9.69. The molecule has 1 N–H and O–H groups in total. The van der Waals surface area contributed by atoms with Gasteiger partial charge in [0.25, 0.3) is 0 Å². The Morgan fingerprint density at radius 3 is 3.00 bits per heavy atom. The van der Waals surface area contributed by atoms with E-state index in [1.54, 1.807) is 0 Å². The van der Waals surface area contributed by atoms with E-state index in [1.807, 2.05) is 12.1 Å². The molecular weight excluding hydrogens is 176 g/mol. The molecule has 2 rings (SSSR count). The molecule has 14 heavy (non-hydrogen) atoms. The van der Waals surface area contributed by atoms with Crippen molar-refractivity contribution >= 4 is 0 Å². The lowest BCUT2D eigenvalue weighted by Gasteiger charge is -2.21. The van der Waals surface area contributed by atoms with Gasteiger partial charge in [0.2, 0.25) is 0 Å². The van der Waals surface area contributed by atoms with E-state index in [1.165, 1.54) is 5.56 Å². The highest BCUT2D eigenvalue weighted by atomic mass is 16.5. The van der Waals surface area contributed by atoms with Crippen LogP contribution in [0, 0.1) is 0 Å². The zero-order valence-corrected chi connectivity index (χ0v) is 8.49. The SMILES string of the molecule is CCc1cccc(C2(O)CCOC2)c1. The van der Waals surface area contributed by atoms with Crippen LogP contribution in [0.15, 0.2) is 24.3 Å². The Hall–Kier alpha value is -0.860. The van der Waals surface area contributed by atoms with Crippen molar-refractivity contribution < 1.29 is 9.84 Å². The number of benzene rings is 1. The quantitative estimate of drug-likeness (QED) is 0.775. The van der Waals surface area contributed by atoms with Crippen LogP contribution in [-0.2, 0) is 16.8 Å². The van der Waals surface area contributed by atoms with Crippen molar-refractivity contribution in [1.29, 1.82) is 0 Å². The minimum atomic E-state index is -0.745. The normalized spacial score (nSPS) is 26.7. The largest absolute Gasteiger partial charge is 0.383 e. The number of ether oxygens (including phenoxy) is 1. The molecule has 0 saturated carbocycles. The molecule has 1 aliphatic rings. The lowest BCUT2D eigenvalue weighted by Crippen LogP contribution is -2.25. The van der Waals surface area contributed by atoms with E-state index in [0.717, 1.165) is 12.0 Å². The molecule has 1 unspecified atom stereocenters. The Labute approximate surface area is 84.5 Å². The van der Waals surface area contributed by atoms with E-state index >= 15 is 0 Å². The van der Waals surface area contributed by atoms with Gasteiger partial charge in [-0.05, 0) is 17.5 Å². The zero-order chi connectivity index (χ0) is 10.0. The molecule has 1 fully saturated rings. The molecule has 1 aromatic rings. The number of aryl methyl sites for hydroxylation is 1. The first-order chi connectivity index (χ1) is 6.74. The highest BCUT2D eigenvalue weighted by Crippen LogP contribution is 2.30. The molecule has 1 atom stereocenters. The number of rotatable bonds is 2. The summed E-state index contributed by atoms with van der Waals surface area (Å²) in [6.45, 7) is 3.21. The van der Waals surface area contributed by atoms with Crippen LogP contribution in [0.4, 0.5) is 0 Å². The molecular formula is C12H16O2. The minimum Gasteiger partial charge on any atom is -0.383 e. The molecule has 2 heteroatoms. The Balaban J connectivity index is 2.30. The second-order valence-corrected chi connectivity index (χ2v) is 3.89. The van der Waals surface area contributed by atoms with Crippen molar-refractivity contribution in [3.8, 4) is 0 Å². The van der Waals surface area contributed by atoms with Gasteiger partial charge in [0, 0.05) is 13.0 Å². The van der Waals surface area contributed by atoms with Crippen LogP contribution in [0.25, 0.3) is 0 Å². The summed E-state index contributed by atoms with van der Waals surface area (Å²) in [5.41, 5.74) is 1.52. The van der Waals surface area contributed by atoms with Crippen molar-refractivity contribution in [2.75, 3.05) is 13.2 Å². The summed E-state index contributed by atoms with van der Waals surface area (Å²) in [6, 6.07) is 8.15. The number of hydrogen-bond acceptors (Lipinski definition) is 2. The summed E-state index contributed by atoms with van der Waals surface area (Å²) in [5, 5.41) is 10.3. The predicted molar refractivity (Wildman–Crippen MR) is 55.2 cm³/mol. The van der Waals surface area contributed by atoms with Crippen LogP contribution < -0.4 is 0 Å². The molecule has 76 valence electrons. The maximum atomic E-state index is 10.3. The molecule has 0 spiro atoms. The summed E-state index contributed by atoms with van der Waals surface area (Å²) in [4.78, 5) is 0. The number of hydrogen-bond donors (Lipinski definition) is 1. The molecule has 1 saturated heterocycles. The smallest absolute Gasteiger partial charge is 0.115 e. The van der Waals surface area contributed by atoms with Crippen LogP contribution in [-0.4, -0.2) is 18.3 Å². The van der Waals surface area contributed by atoms with Gasteiger partial charge in [0.15, 0.2) is 0 Å². The average Bonchev–Trinajstić information content (AvgIpc) is 2.67.